The van der Waals surface area contributed by atoms with Crippen LogP contribution in [-0.2, 0) is 12.4 Å². The number of hydrogen-bond donors (Lipinski definition) is 0. The number of benzene rings is 2. The van der Waals surface area contributed by atoms with E-state index in [-0.39, 0.29) is 6.07 Å². The molecule has 2 rings (SSSR count). The van der Waals surface area contributed by atoms with Gasteiger partial charge in [0.1, 0.15) is 17.7 Å². The Kier molecular flexibility index (Phi) is 4.27. The lowest BCUT2D eigenvalue weighted by atomic mass is 9.95. The van der Waals surface area contributed by atoms with E-state index in [0.717, 1.165) is 0 Å². The Bertz CT molecular complexity index is 827. The van der Waals surface area contributed by atoms with Gasteiger partial charge in [-0.25, -0.2) is 8.78 Å². The zero-order valence-electron chi connectivity index (χ0n) is 11.4. The Morgan fingerprint density at radius 3 is 1.88 bits per heavy atom. The predicted molar refractivity (Wildman–Crippen MR) is 66.5 cm³/mol. The van der Waals surface area contributed by atoms with Crippen LogP contribution < -0.4 is 0 Å². The largest absolute Gasteiger partial charge is 0.417 e. The summed E-state index contributed by atoms with van der Waals surface area (Å²) in [7, 11) is 0. The first-order chi connectivity index (χ1) is 10.9. The third kappa shape index (κ3) is 3.32. The van der Waals surface area contributed by atoms with Crippen LogP contribution in [0.1, 0.15) is 16.7 Å². The van der Waals surface area contributed by atoms with E-state index in [0.29, 0.717) is 24.3 Å². The maximum atomic E-state index is 13.9. The van der Waals surface area contributed by atoms with Crippen molar-refractivity contribution in [3.05, 3.63) is 58.7 Å². The van der Waals surface area contributed by atoms with Crippen molar-refractivity contribution in [1.29, 1.82) is 5.26 Å². The normalized spacial score (nSPS) is 12.1. The Morgan fingerprint density at radius 2 is 1.38 bits per heavy atom. The Morgan fingerprint density at radius 1 is 0.750 bits per heavy atom. The number of halogens is 8. The Labute approximate surface area is 129 Å². The quantitative estimate of drug-likeness (QED) is 0.619. The molecule has 126 valence electrons. The van der Waals surface area contributed by atoms with Crippen molar-refractivity contribution in [1.82, 2.24) is 0 Å². The van der Waals surface area contributed by atoms with Crippen LogP contribution in [0.15, 0.2) is 30.3 Å². The summed E-state index contributed by atoms with van der Waals surface area (Å²) in [4.78, 5) is 0. The van der Waals surface area contributed by atoms with Gasteiger partial charge < -0.3 is 0 Å². The van der Waals surface area contributed by atoms with Gasteiger partial charge in [-0.2, -0.15) is 31.6 Å². The van der Waals surface area contributed by atoms with Crippen LogP contribution in [0.2, 0.25) is 0 Å². The van der Waals surface area contributed by atoms with Gasteiger partial charge in [0.25, 0.3) is 0 Å². The van der Waals surface area contributed by atoms with E-state index in [1.165, 1.54) is 6.07 Å². The molecule has 0 atom stereocenters. The number of alkyl halides is 6. The monoisotopic (exact) mass is 351 g/mol. The molecule has 9 heteroatoms. The molecular formula is C15H5F8N. The SMILES string of the molecule is N#Cc1cc(F)c(-c2ccc(C(F)(F)F)cc2C(F)(F)F)cc1F. The van der Waals surface area contributed by atoms with Crippen molar-refractivity contribution in [2.24, 2.45) is 0 Å². The average molecular weight is 351 g/mol. The summed E-state index contributed by atoms with van der Waals surface area (Å²) in [5.41, 5.74) is -5.94. The molecule has 0 saturated carbocycles. The zero-order chi connectivity index (χ0) is 18.3. The molecule has 0 N–H and O–H groups in total. The van der Waals surface area contributed by atoms with E-state index >= 15 is 0 Å². The molecule has 0 heterocycles. The second kappa shape index (κ2) is 5.78. The predicted octanol–water partition coefficient (Wildman–Crippen LogP) is 5.54. The van der Waals surface area contributed by atoms with Crippen LogP contribution in [0, 0.1) is 23.0 Å². The summed E-state index contributed by atoms with van der Waals surface area (Å²) >= 11 is 0. The Balaban J connectivity index is 2.76. The lowest BCUT2D eigenvalue weighted by molar-refractivity contribution is -0.142. The number of hydrogen-bond acceptors (Lipinski definition) is 1. The highest BCUT2D eigenvalue weighted by molar-refractivity contribution is 5.70. The molecule has 0 aromatic heterocycles. The Hall–Kier alpha value is -2.63. The maximum absolute atomic E-state index is 13.9. The molecule has 0 amide bonds. The first-order valence-corrected chi connectivity index (χ1v) is 6.13. The van der Waals surface area contributed by atoms with Crippen LogP contribution in [0.3, 0.4) is 0 Å². The standard InChI is InChI=1S/C15H5F8N/c16-12-5-10(13(17)3-7(12)6-24)9-2-1-8(14(18,19)20)4-11(9)15(21,22)23/h1-5H. The smallest absolute Gasteiger partial charge is 0.206 e. The molecular weight excluding hydrogens is 346 g/mol. The number of nitriles is 1. The molecule has 24 heavy (non-hydrogen) atoms. The summed E-state index contributed by atoms with van der Waals surface area (Å²) in [5, 5.41) is 8.55. The first kappa shape index (κ1) is 17.7. The average Bonchev–Trinajstić information content (AvgIpc) is 2.46. The van der Waals surface area contributed by atoms with E-state index in [1.807, 2.05) is 0 Å². The van der Waals surface area contributed by atoms with Crippen molar-refractivity contribution >= 4 is 0 Å². The summed E-state index contributed by atoms with van der Waals surface area (Å²) in [6.45, 7) is 0. The van der Waals surface area contributed by atoms with E-state index in [4.69, 9.17) is 5.26 Å². The van der Waals surface area contributed by atoms with E-state index in [1.54, 1.807) is 0 Å². The molecule has 2 aromatic rings. The summed E-state index contributed by atoms with van der Waals surface area (Å²) in [6.07, 6.45) is -10.3. The zero-order valence-corrected chi connectivity index (χ0v) is 11.4. The van der Waals surface area contributed by atoms with Gasteiger partial charge in [-0.3, -0.25) is 0 Å². The number of nitrogens with zero attached hydrogens (tertiary/aromatic N) is 1. The fourth-order valence-electron chi connectivity index (χ4n) is 2.03. The van der Waals surface area contributed by atoms with Crippen LogP contribution in [0.4, 0.5) is 35.1 Å². The molecule has 0 radical (unpaired) electrons. The fraction of sp³-hybridized carbons (Fsp3) is 0.133. The third-order valence-corrected chi connectivity index (χ3v) is 3.12. The van der Waals surface area contributed by atoms with Crippen molar-refractivity contribution < 1.29 is 35.1 Å². The molecule has 0 unspecified atom stereocenters. The van der Waals surface area contributed by atoms with Gasteiger partial charge in [0.15, 0.2) is 0 Å². The van der Waals surface area contributed by atoms with Crippen molar-refractivity contribution in [3.8, 4) is 17.2 Å². The number of rotatable bonds is 1. The minimum atomic E-state index is -5.23. The molecule has 0 aliphatic heterocycles. The first-order valence-electron chi connectivity index (χ1n) is 6.13. The highest BCUT2D eigenvalue weighted by atomic mass is 19.4. The highest BCUT2D eigenvalue weighted by Crippen LogP contribution is 2.41. The summed E-state index contributed by atoms with van der Waals surface area (Å²) in [5.74, 6) is -2.65. The van der Waals surface area contributed by atoms with Gasteiger partial charge in [0, 0.05) is 5.56 Å². The molecule has 0 aliphatic carbocycles. The van der Waals surface area contributed by atoms with Gasteiger partial charge in [-0.05, 0) is 29.8 Å². The van der Waals surface area contributed by atoms with Gasteiger partial charge in [-0.1, -0.05) is 6.07 Å². The van der Waals surface area contributed by atoms with Crippen LogP contribution in [0.25, 0.3) is 11.1 Å². The minimum absolute atomic E-state index is 0.176. The lowest BCUT2D eigenvalue weighted by Crippen LogP contribution is -2.12. The molecule has 0 saturated heterocycles. The van der Waals surface area contributed by atoms with Crippen LogP contribution in [0.5, 0.6) is 0 Å². The molecule has 0 fully saturated rings. The summed E-state index contributed by atoms with van der Waals surface area (Å²) < 4.78 is 104. The summed E-state index contributed by atoms with van der Waals surface area (Å²) in [6, 6.07) is 2.59. The van der Waals surface area contributed by atoms with Crippen molar-refractivity contribution in [2.45, 2.75) is 12.4 Å². The lowest BCUT2D eigenvalue weighted by Gasteiger charge is -2.16. The molecule has 1 nitrogen and oxygen atoms in total. The topological polar surface area (TPSA) is 23.8 Å². The molecule has 0 aliphatic rings. The van der Waals surface area contributed by atoms with E-state index < -0.39 is 51.8 Å². The fourth-order valence-corrected chi connectivity index (χ4v) is 2.03. The van der Waals surface area contributed by atoms with Gasteiger partial charge >= 0.3 is 12.4 Å². The second-order valence-corrected chi connectivity index (χ2v) is 4.68. The molecule has 0 spiro atoms. The van der Waals surface area contributed by atoms with Gasteiger partial charge in [0.2, 0.25) is 0 Å². The highest BCUT2D eigenvalue weighted by Gasteiger charge is 2.38. The van der Waals surface area contributed by atoms with Crippen molar-refractivity contribution in [2.75, 3.05) is 0 Å². The minimum Gasteiger partial charge on any atom is -0.206 e. The van der Waals surface area contributed by atoms with Crippen molar-refractivity contribution in [3.63, 3.8) is 0 Å². The second-order valence-electron chi connectivity index (χ2n) is 4.68. The van der Waals surface area contributed by atoms with E-state index in [2.05, 4.69) is 0 Å². The maximum Gasteiger partial charge on any atom is 0.417 e. The van der Waals surface area contributed by atoms with Gasteiger partial charge in [0.05, 0.1) is 16.7 Å². The van der Waals surface area contributed by atoms with Gasteiger partial charge in [-0.15, -0.1) is 0 Å². The van der Waals surface area contributed by atoms with E-state index in [9.17, 15) is 35.1 Å². The molecule has 2 aromatic carbocycles. The molecule has 0 bridgehead atoms. The van der Waals surface area contributed by atoms with Crippen LogP contribution in [-0.4, -0.2) is 0 Å². The van der Waals surface area contributed by atoms with Crippen LogP contribution >= 0.6 is 0 Å². The third-order valence-electron chi connectivity index (χ3n) is 3.12.